The van der Waals surface area contributed by atoms with Crippen LogP contribution in [0.15, 0.2) is 0 Å². The number of alkyl halides is 3. The number of rotatable bonds is 1. The molecule has 0 saturated carbocycles. The van der Waals surface area contributed by atoms with Gasteiger partial charge in [0.15, 0.2) is 5.78 Å². The maximum absolute atomic E-state index is 13.3. The molecule has 0 bridgehead atoms. The Labute approximate surface area is 68.3 Å². The Bertz CT molecular complexity index is 219. The van der Waals surface area contributed by atoms with Crippen LogP contribution in [0.1, 0.15) is 6.92 Å². The highest BCUT2D eigenvalue weighted by atomic mass is 19.3. The molecule has 0 aromatic heterocycles. The van der Waals surface area contributed by atoms with Crippen molar-refractivity contribution < 1.29 is 18.0 Å². The van der Waals surface area contributed by atoms with Crippen LogP contribution in [0.25, 0.3) is 0 Å². The summed E-state index contributed by atoms with van der Waals surface area (Å²) >= 11 is 0. The molecule has 0 aromatic rings. The maximum atomic E-state index is 13.3. The third-order valence-corrected chi connectivity index (χ3v) is 2.09. The van der Waals surface area contributed by atoms with Crippen molar-refractivity contribution >= 4 is 5.78 Å². The predicted octanol–water partition coefficient (Wildman–Crippen LogP) is 0.864. The van der Waals surface area contributed by atoms with Crippen molar-refractivity contribution in [3.63, 3.8) is 0 Å². The van der Waals surface area contributed by atoms with E-state index in [0.717, 1.165) is 11.8 Å². The van der Waals surface area contributed by atoms with Crippen LogP contribution in [-0.2, 0) is 4.79 Å². The van der Waals surface area contributed by atoms with Gasteiger partial charge in [0.25, 0.3) is 0 Å². The molecule has 1 atom stereocenters. The van der Waals surface area contributed by atoms with Crippen LogP contribution in [0.5, 0.6) is 0 Å². The number of hydrogen-bond donors (Lipinski definition) is 0. The number of Topliss-reactive ketones (excluding diaryl/α,β-unsaturated/α-hetero) is 1. The number of carbonyl (C=O) groups excluding carboxylic acids is 1. The minimum Gasteiger partial charge on any atom is -0.297 e. The average Bonchev–Trinajstić information content (AvgIpc) is 2.02. The van der Waals surface area contributed by atoms with Crippen LogP contribution in [0.3, 0.4) is 0 Å². The summed E-state index contributed by atoms with van der Waals surface area (Å²) in [7, 11) is 1.36. The molecule has 2 nitrogen and oxygen atoms in total. The second-order valence-electron chi connectivity index (χ2n) is 3.23. The molecule has 1 rings (SSSR count). The van der Waals surface area contributed by atoms with Crippen LogP contribution < -0.4 is 0 Å². The highest BCUT2D eigenvalue weighted by Crippen LogP contribution is 2.39. The van der Waals surface area contributed by atoms with E-state index in [1.165, 1.54) is 7.05 Å². The van der Waals surface area contributed by atoms with E-state index in [-0.39, 0.29) is 0 Å². The van der Waals surface area contributed by atoms with Crippen molar-refractivity contribution in [2.45, 2.75) is 18.5 Å². The molecular weight excluding hydrogens is 171 g/mol. The van der Waals surface area contributed by atoms with Crippen LogP contribution in [-0.4, -0.2) is 42.4 Å². The minimum absolute atomic E-state index is 0.519. The van der Waals surface area contributed by atoms with E-state index < -0.39 is 30.5 Å². The SMILES string of the molecule is CC(=O)C1(F)CN(C)CC1(F)F. The highest BCUT2D eigenvalue weighted by Gasteiger charge is 2.63. The fourth-order valence-corrected chi connectivity index (χ4v) is 1.38. The summed E-state index contributed by atoms with van der Waals surface area (Å²) < 4.78 is 39.0. The molecule has 0 aromatic carbocycles. The smallest absolute Gasteiger partial charge is 0.297 e. The molecule has 1 heterocycles. The monoisotopic (exact) mass is 181 g/mol. The fourth-order valence-electron chi connectivity index (χ4n) is 1.38. The first-order valence-corrected chi connectivity index (χ1v) is 3.56. The van der Waals surface area contributed by atoms with Gasteiger partial charge in [0, 0.05) is 6.54 Å². The van der Waals surface area contributed by atoms with E-state index in [2.05, 4.69) is 0 Å². The zero-order valence-corrected chi connectivity index (χ0v) is 6.90. The fraction of sp³-hybridized carbons (Fsp3) is 0.857. The van der Waals surface area contributed by atoms with E-state index in [1.54, 1.807) is 0 Å². The predicted molar refractivity (Wildman–Crippen MR) is 37.0 cm³/mol. The first-order chi connectivity index (χ1) is 5.29. The lowest BCUT2D eigenvalue weighted by Crippen LogP contribution is -2.48. The molecule has 12 heavy (non-hydrogen) atoms. The Hall–Kier alpha value is -0.580. The molecule has 70 valence electrons. The Kier molecular flexibility index (Phi) is 1.94. The minimum atomic E-state index is -3.55. The zero-order valence-electron chi connectivity index (χ0n) is 6.90. The third kappa shape index (κ3) is 1.12. The first-order valence-electron chi connectivity index (χ1n) is 3.56. The lowest BCUT2D eigenvalue weighted by atomic mass is 9.97. The number of hydrogen-bond acceptors (Lipinski definition) is 2. The van der Waals surface area contributed by atoms with Crippen LogP contribution in [0, 0.1) is 0 Å². The summed E-state index contributed by atoms with van der Waals surface area (Å²) in [6.07, 6.45) is 0. The van der Waals surface area contributed by atoms with Gasteiger partial charge in [-0.2, -0.15) is 0 Å². The quantitative estimate of drug-likeness (QED) is 0.598. The van der Waals surface area contributed by atoms with Gasteiger partial charge in [-0.25, -0.2) is 13.2 Å². The molecule has 0 aliphatic carbocycles. The van der Waals surface area contributed by atoms with E-state index in [0.29, 0.717) is 0 Å². The van der Waals surface area contributed by atoms with Gasteiger partial charge in [-0.05, 0) is 14.0 Å². The summed E-state index contributed by atoms with van der Waals surface area (Å²) in [4.78, 5) is 11.8. The molecule has 5 heteroatoms. The van der Waals surface area contributed by atoms with Crippen molar-refractivity contribution in [3.05, 3.63) is 0 Å². The maximum Gasteiger partial charge on any atom is 0.302 e. The summed E-state index contributed by atoms with van der Waals surface area (Å²) in [5, 5.41) is 0. The Balaban J connectivity index is 2.98. The van der Waals surface area contributed by atoms with Crippen molar-refractivity contribution in [2.24, 2.45) is 0 Å². The molecule has 1 saturated heterocycles. The van der Waals surface area contributed by atoms with Crippen LogP contribution >= 0.6 is 0 Å². The summed E-state index contributed by atoms with van der Waals surface area (Å²) in [5.74, 6) is -4.65. The standard InChI is InChI=1S/C7H10F3NO/c1-5(12)6(8)3-11(2)4-7(6,9)10/h3-4H2,1-2H3. The molecule has 1 unspecified atom stereocenters. The van der Waals surface area contributed by atoms with Gasteiger partial charge in [-0.3, -0.25) is 9.69 Å². The Morgan fingerprint density at radius 1 is 1.33 bits per heavy atom. The normalized spacial score (nSPS) is 35.4. The highest BCUT2D eigenvalue weighted by molar-refractivity contribution is 5.87. The van der Waals surface area contributed by atoms with E-state index in [4.69, 9.17) is 0 Å². The van der Waals surface area contributed by atoms with E-state index in [1.807, 2.05) is 0 Å². The summed E-state index contributed by atoms with van der Waals surface area (Å²) in [5.41, 5.74) is -2.98. The van der Waals surface area contributed by atoms with Gasteiger partial charge in [0.1, 0.15) is 0 Å². The van der Waals surface area contributed by atoms with E-state index >= 15 is 0 Å². The molecule has 0 spiro atoms. The number of halogens is 3. The number of likely N-dealkylation sites (tertiary alicyclic amines) is 1. The van der Waals surface area contributed by atoms with Gasteiger partial charge in [-0.15, -0.1) is 0 Å². The molecule has 1 aliphatic heterocycles. The number of nitrogens with zero attached hydrogens (tertiary/aromatic N) is 1. The van der Waals surface area contributed by atoms with Crippen LogP contribution in [0.2, 0.25) is 0 Å². The van der Waals surface area contributed by atoms with Gasteiger partial charge in [-0.1, -0.05) is 0 Å². The molecule has 1 aliphatic rings. The lowest BCUT2D eigenvalue weighted by Gasteiger charge is -2.22. The van der Waals surface area contributed by atoms with Crippen molar-refractivity contribution in [3.8, 4) is 0 Å². The third-order valence-electron chi connectivity index (χ3n) is 2.09. The van der Waals surface area contributed by atoms with E-state index in [9.17, 15) is 18.0 Å². The average molecular weight is 181 g/mol. The molecule has 1 fully saturated rings. The van der Waals surface area contributed by atoms with Gasteiger partial charge in [0.05, 0.1) is 6.54 Å². The van der Waals surface area contributed by atoms with Crippen molar-refractivity contribution in [1.82, 2.24) is 4.90 Å². The zero-order chi connectivity index (χ0) is 9.57. The van der Waals surface area contributed by atoms with Gasteiger partial charge < -0.3 is 0 Å². The van der Waals surface area contributed by atoms with Gasteiger partial charge in [0.2, 0.25) is 5.67 Å². The van der Waals surface area contributed by atoms with Crippen molar-refractivity contribution in [1.29, 1.82) is 0 Å². The summed E-state index contributed by atoms with van der Waals surface area (Å²) in [6, 6.07) is 0. The van der Waals surface area contributed by atoms with Gasteiger partial charge >= 0.3 is 5.92 Å². The largest absolute Gasteiger partial charge is 0.302 e. The molecule has 0 radical (unpaired) electrons. The van der Waals surface area contributed by atoms with Crippen LogP contribution in [0.4, 0.5) is 13.2 Å². The number of ketones is 1. The lowest BCUT2D eigenvalue weighted by molar-refractivity contribution is -0.150. The van der Waals surface area contributed by atoms with Crippen molar-refractivity contribution in [2.75, 3.05) is 20.1 Å². The number of carbonyl (C=O) groups is 1. The Morgan fingerprint density at radius 3 is 2.00 bits per heavy atom. The molecular formula is C7H10F3NO. The second kappa shape index (κ2) is 2.45. The second-order valence-corrected chi connectivity index (χ2v) is 3.23. The topological polar surface area (TPSA) is 20.3 Å². The first kappa shape index (κ1) is 9.51. The molecule has 0 N–H and O–H groups in total. The summed E-state index contributed by atoms with van der Waals surface area (Å²) in [6.45, 7) is -0.356. The Morgan fingerprint density at radius 2 is 1.83 bits per heavy atom. The molecule has 0 amide bonds.